The lowest BCUT2D eigenvalue weighted by Crippen LogP contribution is -2.40. The summed E-state index contributed by atoms with van der Waals surface area (Å²) in [6.45, 7) is 3.23. The predicted octanol–water partition coefficient (Wildman–Crippen LogP) is 3.75. The van der Waals surface area contributed by atoms with Crippen LogP contribution in [0.3, 0.4) is 0 Å². The zero-order chi connectivity index (χ0) is 12.1. The standard InChI is InChI=1S/C13H19ClN2S/c1-2-15-11-5-3-4-6-12(11)17-13-8-7-10(14)9-16-13/h7-9,11-12,15H,2-6H2,1H3. The van der Waals surface area contributed by atoms with E-state index in [0.717, 1.165) is 11.6 Å². The van der Waals surface area contributed by atoms with Gasteiger partial charge in [0.2, 0.25) is 0 Å². The van der Waals surface area contributed by atoms with Crippen LogP contribution in [0.2, 0.25) is 5.02 Å². The van der Waals surface area contributed by atoms with Crippen molar-refractivity contribution in [3.8, 4) is 0 Å². The molecule has 94 valence electrons. The maximum Gasteiger partial charge on any atom is 0.0964 e. The zero-order valence-electron chi connectivity index (χ0n) is 10.2. The molecule has 2 atom stereocenters. The van der Waals surface area contributed by atoms with Crippen LogP contribution >= 0.6 is 23.4 Å². The Morgan fingerprint density at radius 2 is 2.24 bits per heavy atom. The van der Waals surface area contributed by atoms with Crippen molar-refractivity contribution in [1.29, 1.82) is 0 Å². The molecule has 2 nitrogen and oxygen atoms in total. The lowest BCUT2D eigenvalue weighted by atomic mass is 9.95. The van der Waals surface area contributed by atoms with Crippen molar-refractivity contribution in [3.05, 3.63) is 23.4 Å². The number of pyridine rings is 1. The van der Waals surface area contributed by atoms with Crippen molar-refractivity contribution in [3.63, 3.8) is 0 Å². The maximum atomic E-state index is 5.85. The van der Waals surface area contributed by atoms with Crippen molar-refractivity contribution in [1.82, 2.24) is 10.3 Å². The summed E-state index contributed by atoms with van der Waals surface area (Å²) in [5, 5.41) is 6.04. The molecule has 0 aromatic carbocycles. The fraction of sp³-hybridized carbons (Fsp3) is 0.615. The zero-order valence-corrected chi connectivity index (χ0v) is 11.7. The van der Waals surface area contributed by atoms with Crippen LogP contribution in [0.25, 0.3) is 0 Å². The quantitative estimate of drug-likeness (QED) is 0.902. The molecule has 2 unspecified atom stereocenters. The molecule has 0 amide bonds. The molecule has 4 heteroatoms. The van der Waals surface area contributed by atoms with Crippen LogP contribution in [0.4, 0.5) is 0 Å². The highest BCUT2D eigenvalue weighted by molar-refractivity contribution is 7.99. The number of nitrogens with zero attached hydrogens (tertiary/aromatic N) is 1. The minimum atomic E-state index is 0.635. The van der Waals surface area contributed by atoms with Crippen molar-refractivity contribution >= 4 is 23.4 Å². The lowest BCUT2D eigenvalue weighted by molar-refractivity contribution is 0.390. The molecule has 1 N–H and O–H groups in total. The second-order valence-corrected chi connectivity index (χ2v) is 6.12. The number of rotatable bonds is 4. The van der Waals surface area contributed by atoms with Gasteiger partial charge >= 0.3 is 0 Å². The van der Waals surface area contributed by atoms with Crippen LogP contribution in [0.15, 0.2) is 23.4 Å². The number of nitrogens with one attached hydrogen (secondary N) is 1. The molecule has 17 heavy (non-hydrogen) atoms. The first-order valence-corrected chi connectivity index (χ1v) is 7.57. The molecule has 2 rings (SSSR count). The van der Waals surface area contributed by atoms with Crippen LogP contribution in [0.1, 0.15) is 32.6 Å². The third kappa shape index (κ3) is 3.87. The van der Waals surface area contributed by atoms with Gasteiger partial charge in [-0.25, -0.2) is 4.98 Å². The normalized spacial score (nSPS) is 24.8. The SMILES string of the molecule is CCNC1CCCCC1Sc1ccc(Cl)cn1. The first-order valence-electron chi connectivity index (χ1n) is 6.31. The van der Waals surface area contributed by atoms with Crippen LogP contribution in [-0.2, 0) is 0 Å². The number of hydrogen-bond donors (Lipinski definition) is 1. The largest absolute Gasteiger partial charge is 0.313 e. The average molecular weight is 271 g/mol. The Morgan fingerprint density at radius 1 is 1.41 bits per heavy atom. The maximum absolute atomic E-state index is 5.85. The summed E-state index contributed by atoms with van der Waals surface area (Å²) in [6, 6.07) is 4.57. The van der Waals surface area contributed by atoms with Gasteiger partial charge in [0.25, 0.3) is 0 Å². The van der Waals surface area contributed by atoms with Gasteiger partial charge in [0.15, 0.2) is 0 Å². The average Bonchev–Trinajstić information content (AvgIpc) is 2.35. The van der Waals surface area contributed by atoms with E-state index in [0.29, 0.717) is 16.3 Å². The summed E-state index contributed by atoms with van der Waals surface area (Å²) >= 11 is 7.74. The van der Waals surface area contributed by atoms with Crippen LogP contribution < -0.4 is 5.32 Å². The van der Waals surface area contributed by atoms with E-state index >= 15 is 0 Å². The molecule has 1 fully saturated rings. The van der Waals surface area contributed by atoms with E-state index < -0.39 is 0 Å². The van der Waals surface area contributed by atoms with Crippen molar-refractivity contribution in [2.24, 2.45) is 0 Å². The van der Waals surface area contributed by atoms with E-state index in [9.17, 15) is 0 Å². The highest BCUT2D eigenvalue weighted by Gasteiger charge is 2.25. The molecule has 1 aliphatic carbocycles. The van der Waals surface area contributed by atoms with E-state index in [1.165, 1.54) is 25.7 Å². The monoisotopic (exact) mass is 270 g/mol. The summed E-state index contributed by atoms with van der Waals surface area (Å²) in [7, 11) is 0. The van der Waals surface area contributed by atoms with Gasteiger partial charge in [-0.3, -0.25) is 0 Å². The van der Waals surface area contributed by atoms with Gasteiger partial charge in [0, 0.05) is 17.5 Å². The van der Waals surface area contributed by atoms with Crippen LogP contribution in [0, 0.1) is 0 Å². The number of halogens is 1. The topological polar surface area (TPSA) is 24.9 Å². The molecule has 1 aromatic rings. The van der Waals surface area contributed by atoms with Crippen molar-refractivity contribution in [2.45, 2.75) is 48.9 Å². The molecule has 0 radical (unpaired) electrons. The summed E-state index contributed by atoms with van der Waals surface area (Å²) in [6.07, 6.45) is 7.00. The first-order chi connectivity index (χ1) is 8.29. The highest BCUT2D eigenvalue weighted by atomic mass is 35.5. The summed E-state index contributed by atoms with van der Waals surface area (Å²) < 4.78 is 0. The molecular weight excluding hydrogens is 252 g/mol. The van der Waals surface area contributed by atoms with Crippen LogP contribution in [-0.4, -0.2) is 22.8 Å². The Kier molecular flexibility index (Phi) is 5.14. The predicted molar refractivity (Wildman–Crippen MR) is 74.8 cm³/mol. The molecular formula is C13H19ClN2S. The summed E-state index contributed by atoms with van der Waals surface area (Å²) in [5.74, 6) is 0. The molecule has 0 bridgehead atoms. The third-order valence-corrected chi connectivity index (χ3v) is 4.71. The van der Waals surface area contributed by atoms with E-state index in [2.05, 4.69) is 17.2 Å². The van der Waals surface area contributed by atoms with E-state index in [-0.39, 0.29) is 0 Å². The van der Waals surface area contributed by atoms with Gasteiger partial charge in [0.1, 0.15) is 0 Å². The molecule has 1 aromatic heterocycles. The summed E-state index contributed by atoms with van der Waals surface area (Å²) in [4.78, 5) is 4.37. The molecule has 0 saturated heterocycles. The smallest absolute Gasteiger partial charge is 0.0964 e. The van der Waals surface area contributed by atoms with Gasteiger partial charge in [0.05, 0.1) is 10.0 Å². The fourth-order valence-corrected chi connectivity index (χ4v) is 3.68. The van der Waals surface area contributed by atoms with Crippen molar-refractivity contribution < 1.29 is 0 Å². The molecule has 1 saturated carbocycles. The molecule has 0 spiro atoms. The Hall–Kier alpha value is -0.250. The third-order valence-electron chi connectivity index (χ3n) is 3.14. The second kappa shape index (κ2) is 6.62. The Morgan fingerprint density at radius 3 is 2.94 bits per heavy atom. The van der Waals surface area contributed by atoms with Gasteiger partial charge in [-0.05, 0) is 31.5 Å². The van der Waals surface area contributed by atoms with Crippen molar-refractivity contribution in [2.75, 3.05) is 6.54 Å². The first kappa shape index (κ1) is 13.2. The fourth-order valence-electron chi connectivity index (χ4n) is 2.32. The van der Waals surface area contributed by atoms with Gasteiger partial charge in [-0.2, -0.15) is 0 Å². The Balaban J connectivity index is 1.97. The summed E-state index contributed by atoms with van der Waals surface area (Å²) in [5.41, 5.74) is 0. The Labute approximate surface area is 113 Å². The number of hydrogen-bond acceptors (Lipinski definition) is 3. The van der Waals surface area contributed by atoms with E-state index in [4.69, 9.17) is 11.6 Å². The van der Waals surface area contributed by atoms with E-state index in [1.807, 2.05) is 23.9 Å². The van der Waals surface area contributed by atoms with Gasteiger partial charge < -0.3 is 5.32 Å². The minimum absolute atomic E-state index is 0.635. The van der Waals surface area contributed by atoms with Gasteiger partial charge in [-0.15, -0.1) is 11.8 Å². The lowest BCUT2D eigenvalue weighted by Gasteiger charge is -2.31. The molecule has 0 aliphatic heterocycles. The second-order valence-electron chi connectivity index (χ2n) is 4.42. The number of aromatic nitrogens is 1. The van der Waals surface area contributed by atoms with Crippen LogP contribution in [0.5, 0.6) is 0 Å². The Bertz CT molecular complexity index is 340. The highest BCUT2D eigenvalue weighted by Crippen LogP contribution is 2.33. The van der Waals surface area contributed by atoms with E-state index in [1.54, 1.807) is 6.20 Å². The number of thioether (sulfide) groups is 1. The molecule has 1 aliphatic rings. The molecule has 1 heterocycles. The minimum Gasteiger partial charge on any atom is -0.313 e. The van der Waals surface area contributed by atoms with Gasteiger partial charge in [-0.1, -0.05) is 31.4 Å².